The average molecular weight is 370 g/mol. The van der Waals surface area contributed by atoms with E-state index < -0.39 is 0 Å². The van der Waals surface area contributed by atoms with Crippen molar-refractivity contribution in [1.82, 2.24) is 20.0 Å². The Morgan fingerprint density at radius 3 is 3.00 bits per heavy atom. The SMILES string of the molecule is CCCC[C@H]1CN(CCC(=O)NCc2cnn(C)c2)Cc2ccccc2O1. The molecule has 0 radical (unpaired) electrons. The van der Waals surface area contributed by atoms with E-state index in [1.54, 1.807) is 10.9 Å². The van der Waals surface area contributed by atoms with E-state index in [1.165, 1.54) is 5.56 Å². The molecule has 0 spiro atoms. The summed E-state index contributed by atoms with van der Waals surface area (Å²) in [6.07, 6.45) is 7.75. The lowest BCUT2D eigenvalue weighted by molar-refractivity contribution is -0.121. The second-order valence-corrected chi connectivity index (χ2v) is 7.27. The minimum atomic E-state index is 0.0717. The molecule has 3 rings (SSSR count). The molecule has 0 saturated carbocycles. The van der Waals surface area contributed by atoms with Crippen molar-refractivity contribution in [3.8, 4) is 5.75 Å². The van der Waals surface area contributed by atoms with Gasteiger partial charge in [0.15, 0.2) is 0 Å². The van der Waals surface area contributed by atoms with Crippen LogP contribution in [0.4, 0.5) is 0 Å². The van der Waals surface area contributed by atoms with Crippen LogP contribution < -0.4 is 10.1 Å². The summed E-state index contributed by atoms with van der Waals surface area (Å²) in [6, 6.07) is 8.25. The third kappa shape index (κ3) is 5.82. The quantitative estimate of drug-likeness (QED) is 0.776. The minimum absolute atomic E-state index is 0.0717. The Morgan fingerprint density at radius 2 is 2.22 bits per heavy atom. The molecule has 6 nitrogen and oxygen atoms in total. The Hall–Kier alpha value is -2.34. The summed E-state index contributed by atoms with van der Waals surface area (Å²) < 4.78 is 7.99. The first kappa shape index (κ1) is 19.4. The number of carbonyl (C=O) groups is 1. The van der Waals surface area contributed by atoms with Gasteiger partial charge in [0, 0.05) is 57.0 Å². The number of nitrogens with one attached hydrogen (secondary N) is 1. The van der Waals surface area contributed by atoms with Crippen molar-refractivity contribution in [1.29, 1.82) is 0 Å². The van der Waals surface area contributed by atoms with Crippen molar-refractivity contribution < 1.29 is 9.53 Å². The van der Waals surface area contributed by atoms with Gasteiger partial charge in [-0.3, -0.25) is 14.4 Å². The number of hydrogen-bond donors (Lipinski definition) is 1. The predicted molar refractivity (Wildman–Crippen MR) is 105 cm³/mol. The summed E-state index contributed by atoms with van der Waals surface area (Å²) in [5.74, 6) is 1.06. The molecular weight excluding hydrogens is 340 g/mol. The van der Waals surface area contributed by atoms with Crippen LogP contribution >= 0.6 is 0 Å². The van der Waals surface area contributed by atoms with E-state index in [0.717, 1.165) is 50.2 Å². The van der Waals surface area contributed by atoms with Crippen LogP contribution in [0.3, 0.4) is 0 Å². The zero-order valence-corrected chi connectivity index (χ0v) is 16.4. The Balaban J connectivity index is 1.53. The van der Waals surface area contributed by atoms with Crippen LogP contribution in [0.5, 0.6) is 5.75 Å². The molecule has 2 heterocycles. The van der Waals surface area contributed by atoms with Gasteiger partial charge in [0.1, 0.15) is 11.9 Å². The molecule has 1 aromatic carbocycles. The zero-order chi connectivity index (χ0) is 19.1. The lowest BCUT2D eigenvalue weighted by atomic mass is 10.1. The molecule has 27 heavy (non-hydrogen) atoms. The van der Waals surface area contributed by atoms with Gasteiger partial charge in [0.2, 0.25) is 5.91 Å². The molecule has 0 unspecified atom stereocenters. The zero-order valence-electron chi connectivity index (χ0n) is 16.4. The minimum Gasteiger partial charge on any atom is -0.489 e. The average Bonchev–Trinajstić information content (AvgIpc) is 2.99. The van der Waals surface area contributed by atoms with Gasteiger partial charge in [-0.1, -0.05) is 31.5 Å². The van der Waals surface area contributed by atoms with Crippen molar-refractivity contribution in [3.63, 3.8) is 0 Å². The summed E-state index contributed by atoms with van der Waals surface area (Å²) in [4.78, 5) is 14.6. The number of amides is 1. The Labute approximate surface area is 161 Å². The van der Waals surface area contributed by atoms with Crippen LogP contribution in [-0.4, -0.2) is 39.8 Å². The molecular formula is C21H30N4O2. The first-order valence-corrected chi connectivity index (χ1v) is 9.85. The normalized spacial score (nSPS) is 17.0. The molecule has 1 aromatic heterocycles. The molecule has 2 aromatic rings. The summed E-state index contributed by atoms with van der Waals surface area (Å²) in [5.41, 5.74) is 2.22. The van der Waals surface area contributed by atoms with Crippen molar-refractivity contribution in [2.75, 3.05) is 13.1 Å². The maximum atomic E-state index is 12.3. The van der Waals surface area contributed by atoms with E-state index in [2.05, 4.69) is 34.4 Å². The lowest BCUT2D eigenvalue weighted by Gasteiger charge is -2.23. The smallest absolute Gasteiger partial charge is 0.221 e. The van der Waals surface area contributed by atoms with E-state index in [4.69, 9.17) is 4.74 Å². The fourth-order valence-electron chi connectivity index (χ4n) is 3.42. The van der Waals surface area contributed by atoms with Gasteiger partial charge in [-0.25, -0.2) is 0 Å². The van der Waals surface area contributed by atoms with E-state index >= 15 is 0 Å². The van der Waals surface area contributed by atoms with Crippen LogP contribution in [0.2, 0.25) is 0 Å². The van der Waals surface area contributed by atoms with Crippen LogP contribution in [-0.2, 0) is 24.9 Å². The molecule has 6 heteroatoms. The van der Waals surface area contributed by atoms with Crippen LogP contribution in [0.1, 0.15) is 43.7 Å². The number of rotatable bonds is 8. The molecule has 0 fully saturated rings. The third-order valence-corrected chi connectivity index (χ3v) is 4.90. The Kier molecular flexibility index (Phi) is 6.87. The highest BCUT2D eigenvalue weighted by atomic mass is 16.5. The second-order valence-electron chi connectivity index (χ2n) is 7.27. The van der Waals surface area contributed by atoms with Crippen molar-refractivity contribution in [2.45, 2.75) is 51.8 Å². The molecule has 146 valence electrons. The van der Waals surface area contributed by atoms with Crippen molar-refractivity contribution in [3.05, 3.63) is 47.8 Å². The van der Waals surface area contributed by atoms with E-state index in [1.807, 2.05) is 25.4 Å². The molecule has 1 N–H and O–H groups in total. The first-order valence-electron chi connectivity index (χ1n) is 9.85. The van der Waals surface area contributed by atoms with Gasteiger partial charge < -0.3 is 10.1 Å². The van der Waals surface area contributed by atoms with Crippen molar-refractivity contribution >= 4 is 5.91 Å². The fourth-order valence-corrected chi connectivity index (χ4v) is 3.42. The second kappa shape index (κ2) is 9.55. The van der Waals surface area contributed by atoms with Gasteiger partial charge in [0.05, 0.1) is 6.20 Å². The number of unbranched alkanes of at least 4 members (excludes halogenated alkanes) is 1. The molecule has 0 bridgehead atoms. The van der Waals surface area contributed by atoms with Crippen LogP contribution in [0.25, 0.3) is 0 Å². The monoisotopic (exact) mass is 370 g/mol. The number of aromatic nitrogens is 2. The molecule has 1 aliphatic heterocycles. The number of fused-ring (bicyclic) bond motifs is 1. The molecule has 0 aliphatic carbocycles. The molecule has 1 atom stereocenters. The molecule has 0 saturated heterocycles. The first-order chi connectivity index (χ1) is 13.1. The summed E-state index contributed by atoms with van der Waals surface area (Å²) in [6.45, 7) is 5.16. The number of hydrogen-bond acceptors (Lipinski definition) is 4. The number of aryl methyl sites for hydroxylation is 1. The maximum Gasteiger partial charge on any atom is 0.221 e. The number of nitrogens with zero attached hydrogens (tertiary/aromatic N) is 3. The maximum absolute atomic E-state index is 12.3. The van der Waals surface area contributed by atoms with Crippen molar-refractivity contribution in [2.24, 2.45) is 7.05 Å². The highest BCUT2D eigenvalue weighted by Gasteiger charge is 2.22. The van der Waals surface area contributed by atoms with Gasteiger partial charge in [0.25, 0.3) is 0 Å². The number of para-hydroxylation sites is 1. The number of ether oxygens (including phenoxy) is 1. The van der Waals surface area contributed by atoms with Gasteiger partial charge in [-0.15, -0.1) is 0 Å². The Bertz CT molecular complexity index is 743. The molecule has 1 aliphatic rings. The van der Waals surface area contributed by atoms with Gasteiger partial charge in [-0.05, 0) is 18.9 Å². The number of benzene rings is 1. The van der Waals surface area contributed by atoms with E-state index in [0.29, 0.717) is 13.0 Å². The summed E-state index contributed by atoms with van der Waals surface area (Å²) in [7, 11) is 1.87. The summed E-state index contributed by atoms with van der Waals surface area (Å²) >= 11 is 0. The standard InChI is InChI=1S/C21H30N4O2/c1-3-4-8-19-16-25(15-18-7-5-6-9-20(18)27-19)11-10-21(26)22-12-17-13-23-24(2)14-17/h5-7,9,13-14,19H,3-4,8,10-12,15-16H2,1-2H3,(H,22,26)/t19-/m0/s1. The number of carbonyl (C=O) groups excluding carboxylic acids is 1. The van der Waals surface area contributed by atoms with Crippen LogP contribution in [0, 0.1) is 0 Å². The Morgan fingerprint density at radius 1 is 1.37 bits per heavy atom. The largest absolute Gasteiger partial charge is 0.489 e. The summed E-state index contributed by atoms with van der Waals surface area (Å²) in [5, 5.41) is 7.10. The molecule has 1 amide bonds. The third-order valence-electron chi connectivity index (χ3n) is 4.90. The lowest BCUT2D eigenvalue weighted by Crippen LogP contribution is -2.35. The van der Waals surface area contributed by atoms with E-state index in [9.17, 15) is 4.79 Å². The van der Waals surface area contributed by atoms with Gasteiger partial charge in [-0.2, -0.15) is 5.10 Å². The van der Waals surface area contributed by atoms with Gasteiger partial charge >= 0.3 is 0 Å². The predicted octanol–water partition coefficient (Wildman–Crippen LogP) is 2.88. The fraction of sp³-hybridized carbons (Fsp3) is 0.524. The highest BCUT2D eigenvalue weighted by Crippen LogP contribution is 2.26. The van der Waals surface area contributed by atoms with Crippen LogP contribution in [0.15, 0.2) is 36.7 Å². The highest BCUT2D eigenvalue weighted by molar-refractivity contribution is 5.76. The topological polar surface area (TPSA) is 59.4 Å². The van der Waals surface area contributed by atoms with E-state index in [-0.39, 0.29) is 12.0 Å².